The van der Waals surface area contributed by atoms with Crippen LogP contribution in [0.2, 0.25) is 0 Å². The number of methoxy groups -OCH3 is 1. The van der Waals surface area contributed by atoms with E-state index in [1.165, 1.54) is 12.0 Å². The van der Waals surface area contributed by atoms with Crippen molar-refractivity contribution in [1.82, 2.24) is 15.1 Å². The molecule has 2 aliphatic heterocycles. The smallest absolute Gasteiger partial charge is 0.319 e. The number of hydrogen-bond acceptors (Lipinski definition) is 6. The maximum Gasteiger partial charge on any atom is 0.319 e. The van der Waals surface area contributed by atoms with Crippen molar-refractivity contribution >= 4 is 23.7 Å². The third-order valence-electron chi connectivity index (χ3n) is 4.77. The van der Waals surface area contributed by atoms with Gasteiger partial charge in [-0.1, -0.05) is 0 Å². The maximum atomic E-state index is 12.3. The van der Waals surface area contributed by atoms with Gasteiger partial charge in [0.05, 0.1) is 19.7 Å². The summed E-state index contributed by atoms with van der Waals surface area (Å²) in [4.78, 5) is 50.5. The second-order valence-electron chi connectivity index (χ2n) is 6.39. The minimum atomic E-state index is -0.534. The van der Waals surface area contributed by atoms with Crippen LogP contribution < -0.4 is 11.1 Å². The van der Waals surface area contributed by atoms with Crippen LogP contribution in [0.15, 0.2) is 0 Å². The van der Waals surface area contributed by atoms with Crippen LogP contribution in [0.25, 0.3) is 0 Å². The van der Waals surface area contributed by atoms with Gasteiger partial charge in [-0.05, 0) is 32.2 Å². The summed E-state index contributed by atoms with van der Waals surface area (Å²) >= 11 is 0. The third kappa shape index (κ3) is 4.91. The minimum Gasteiger partial charge on any atom is -0.468 e. The first-order valence-electron chi connectivity index (χ1n) is 8.61. The van der Waals surface area contributed by atoms with Crippen LogP contribution in [-0.2, 0) is 23.9 Å². The first-order valence-corrected chi connectivity index (χ1v) is 8.61. The minimum absolute atomic E-state index is 0.0849. The molecule has 0 aromatic heterocycles. The predicted molar refractivity (Wildman–Crippen MR) is 88.2 cm³/mol. The molecule has 0 bridgehead atoms. The number of amides is 3. The monoisotopic (exact) mass is 354 g/mol. The molecule has 0 aromatic carbocycles. The molecule has 2 aliphatic rings. The van der Waals surface area contributed by atoms with Gasteiger partial charge < -0.3 is 20.7 Å². The van der Waals surface area contributed by atoms with Gasteiger partial charge in [0, 0.05) is 19.5 Å². The number of rotatable bonds is 7. The zero-order valence-corrected chi connectivity index (χ0v) is 14.5. The Morgan fingerprint density at radius 2 is 1.80 bits per heavy atom. The Balaban J connectivity index is 1.77. The average molecular weight is 354 g/mol. The lowest BCUT2D eigenvalue weighted by molar-refractivity contribution is -0.142. The highest BCUT2D eigenvalue weighted by molar-refractivity contribution is 5.88. The van der Waals surface area contributed by atoms with Crippen molar-refractivity contribution in [2.75, 3.05) is 33.3 Å². The largest absolute Gasteiger partial charge is 0.468 e. The number of nitrogens with zero attached hydrogens (tertiary/aromatic N) is 2. The lowest BCUT2D eigenvalue weighted by Gasteiger charge is -2.24. The highest BCUT2D eigenvalue weighted by Gasteiger charge is 2.34. The number of carbonyl (C=O) groups excluding carboxylic acids is 4. The Bertz CT molecular complexity index is 539. The molecule has 140 valence electrons. The summed E-state index contributed by atoms with van der Waals surface area (Å²) in [7, 11) is 1.32. The van der Waals surface area contributed by atoms with E-state index >= 15 is 0 Å². The summed E-state index contributed by atoms with van der Waals surface area (Å²) in [6.45, 7) is 1.47. The Labute approximate surface area is 146 Å². The van der Waals surface area contributed by atoms with Crippen molar-refractivity contribution in [2.24, 2.45) is 5.73 Å². The normalized spacial score (nSPS) is 23.5. The first-order chi connectivity index (χ1) is 11.9. The van der Waals surface area contributed by atoms with Crippen LogP contribution in [0, 0.1) is 0 Å². The van der Waals surface area contributed by atoms with E-state index in [0.717, 1.165) is 12.8 Å². The number of hydrogen-bond donors (Lipinski definition) is 2. The summed E-state index contributed by atoms with van der Waals surface area (Å²) in [6.07, 6.45) is 2.99. The molecular weight excluding hydrogens is 328 g/mol. The Morgan fingerprint density at radius 3 is 2.48 bits per heavy atom. The topological polar surface area (TPSA) is 122 Å². The fourth-order valence-corrected chi connectivity index (χ4v) is 3.46. The van der Waals surface area contributed by atoms with Gasteiger partial charge in [0.2, 0.25) is 17.7 Å². The quantitative estimate of drug-likeness (QED) is 0.543. The Hall–Kier alpha value is -2.16. The maximum absolute atomic E-state index is 12.3. The zero-order chi connectivity index (χ0) is 18.4. The third-order valence-corrected chi connectivity index (χ3v) is 4.77. The number of likely N-dealkylation sites (tertiary alicyclic amines) is 2. The van der Waals surface area contributed by atoms with Crippen molar-refractivity contribution in [3.8, 4) is 0 Å². The molecule has 25 heavy (non-hydrogen) atoms. The van der Waals surface area contributed by atoms with Gasteiger partial charge in [0.15, 0.2) is 0 Å². The molecule has 0 radical (unpaired) electrons. The molecule has 0 spiro atoms. The van der Waals surface area contributed by atoms with Crippen molar-refractivity contribution in [1.29, 1.82) is 0 Å². The van der Waals surface area contributed by atoms with Gasteiger partial charge in [-0.3, -0.25) is 24.1 Å². The van der Waals surface area contributed by atoms with Gasteiger partial charge in [-0.2, -0.15) is 0 Å². The number of primary amides is 1. The summed E-state index contributed by atoms with van der Waals surface area (Å²) in [5.74, 6) is -1.23. The average Bonchev–Trinajstić information content (AvgIpc) is 3.23. The van der Waals surface area contributed by atoms with Gasteiger partial charge in [-0.25, -0.2) is 0 Å². The van der Waals surface area contributed by atoms with E-state index in [1.807, 2.05) is 0 Å². The van der Waals surface area contributed by atoms with E-state index in [9.17, 15) is 19.2 Å². The van der Waals surface area contributed by atoms with E-state index < -0.39 is 11.9 Å². The molecule has 3 amide bonds. The van der Waals surface area contributed by atoms with Gasteiger partial charge >= 0.3 is 5.97 Å². The predicted octanol–water partition coefficient (Wildman–Crippen LogP) is -1.39. The molecule has 9 nitrogen and oxygen atoms in total. The van der Waals surface area contributed by atoms with E-state index in [2.05, 4.69) is 10.1 Å². The van der Waals surface area contributed by atoms with E-state index in [1.54, 1.807) is 4.90 Å². The number of nitrogens with two attached hydrogens (primary N) is 1. The van der Waals surface area contributed by atoms with Crippen LogP contribution in [-0.4, -0.2) is 78.9 Å². The number of ether oxygens (including phenoxy) is 1. The molecule has 0 aromatic rings. The molecule has 2 heterocycles. The molecule has 2 rings (SSSR count). The SMILES string of the molecule is COC(=O)CN1CCC[C@H]1C(=O)NCCC(=O)N1CCC[C@H]1C(N)=O. The van der Waals surface area contributed by atoms with Crippen LogP contribution in [0.5, 0.6) is 0 Å². The number of esters is 1. The van der Waals surface area contributed by atoms with E-state index in [-0.39, 0.29) is 43.3 Å². The molecule has 2 fully saturated rings. The highest BCUT2D eigenvalue weighted by atomic mass is 16.5. The van der Waals surface area contributed by atoms with Crippen molar-refractivity contribution in [3.05, 3.63) is 0 Å². The van der Waals surface area contributed by atoms with Gasteiger partial charge in [-0.15, -0.1) is 0 Å². The lowest BCUT2D eigenvalue weighted by atomic mass is 10.2. The van der Waals surface area contributed by atoms with Crippen molar-refractivity contribution in [2.45, 2.75) is 44.2 Å². The fourth-order valence-electron chi connectivity index (χ4n) is 3.46. The molecule has 3 N–H and O–H groups in total. The second-order valence-corrected chi connectivity index (χ2v) is 6.39. The van der Waals surface area contributed by atoms with Crippen LogP contribution >= 0.6 is 0 Å². The molecule has 0 aliphatic carbocycles. The van der Waals surface area contributed by atoms with Gasteiger partial charge in [0.1, 0.15) is 6.04 Å². The van der Waals surface area contributed by atoms with Crippen molar-refractivity contribution in [3.63, 3.8) is 0 Å². The lowest BCUT2D eigenvalue weighted by Crippen LogP contribution is -2.47. The summed E-state index contributed by atoms with van der Waals surface area (Å²) < 4.78 is 4.64. The molecule has 9 heteroatoms. The van der Waals surface area contributed by atoms with Crippen LogP contribution in [0.1, 0.15) is 32.1 Å². The zero-order valence-electron chi connectivity index (χ0n) is 14.5. The van der Waals surface area contributed by atoms with Crippen LogP contribution in [0.4, 0.5) is 0 Å². The second kappa shape index (κ2) is 8.80. The molecular formula is C16H26N4O5. The number of nitrogens with one attached hydrogen (secondary N) is 1. The molecule has 2 atom stereocenters. The summed E-state index contributed by atoms with van der Waals surface area (Å²) in [5.41, 5.74) is 5.31. The molecule has 0 unspecified atom stereocenters. The Kier molecular flexibility index (Phi) is 6.74. The molecule has 2 saturated heterocycles. The van der Waals surface area contributed by atoms with Crippen LogP contribution in [0.3, 0.4) is 0 Å². The number of carbonyl (C=O) groups is 4. The Morgan fingerprint density at radius 1 is 1.12 bits per heavy atom. The van der Waals surface area contributed by atoms with E-state index in [0.29, 0.717) is 25.9 Å². The summed E-state index contributed by atoms with van der Waals surface area (Å²) in [5, 5.41) is 2.75. The van der Waals surface area contributed by atoms with Crippen molar-refractivity contribution < 1.29 is 23.9 Å². The molecule has 0 saturated carbocycles. The summed E-state index contributed by atoms with van der Waals surface area (Å²) in [6, 6.07) is -0.909. The standard InChI is InChI=1S/C16H26N4O5/c1-25-14(22)10-19-8-2-5-12(19)16(24)18-7-6-13(21)20-9-3-4-11(20)15(17)23/h11-12H,2-10H2,1H3,(H2,17,23)(H,18,24)/t11-,12-/m0/s1. The van der Waals surface area contributed by atoms with E-state index in [4.69, 9.17) is 5.73 Å². The van der Waals surface area contributed by atoms with Gasteiger partial charge in [0.25, 0.3) is 0 Å². The first kappa shape index (κ1) is 19.2. The fraction of sp³-hybridized carbons (Fsp3) is 0.750. The highest BCUT2D eigenvalue weighted by Crippen LogP contribution is 2.18.